The number of para-hydroxylation sites is 1. The van der Waals surface area contributed by atoms with Gasteiger partial charge in [-0.1, -0.05) is 32.0 Å². The largest absolute Gasteiger partial charge is 0.457 e. The number of hydrogen-bond acceptors (Lipinski definition) is 3. The van der Waals surface area contributed by atoms with Crippen LogP contribution in [0.15, 0.2) is 42.7 Å². The maximum absolute atomic E-state index is 9.25. The van der Waals surface area contributed by atoms with E-state index < -0.39 is 0 Å². The molecule has 3 heteroatoms. The molecule has 0 bridgehead atoms. The lowest BCUT2D eigenvalue weighted by Crippen LogP contribution is -1.96. The maximum Gasteiger partial charge on any atom is 0.136 e. The van der Waals surface area contributed by atoms with Crippen LogP contribution in [0.3, 0.4) is 0 Å². The molecule has 0 saturated heterocycles. The summed E-state index contributed by atoms with van der Waals surface area (Å²) < 4.78 is 5.89. The second kappa shape index (κ2) is 5.65. The van der Waals surface area contributed by atoms with E-state index >= 15 is 0 Å². The molecule has 1 heterocycles. The zero-order valence-electron chi connectivity index (χ0n) is 10.6. The van der Waals surface area contributed by atoms with Crippen molar-refractivity contribution in [3.05, 3.63) is 53.9 Å². The van der Waals surface area contributed by atoms with Crippen molar-refractivity contribution < 1.29 is 9.84 Å². The van der Waals surface area contributed by atoms with E-state index in [0.29, 0.717) is 17.2 Å². The molecule has 0 amide bonds. The van der Waals surface area contributed by atoms with E-state index in [1.165, 1.54) is 0 Å². The lowest BCUT2D eigenvalue weighted by atomic mass is 10.0. The van der Waals surface area contributed by atoms with Gasteiger partial charge in [0.05, 0.1) is 6.61 Å². The Balaban J connectivity index is 2.34. The highest BCUT2D eigenvalue weighted by Gasteiger charge is 2.09. The van der Waals surface area contributed by atoms with Crippen molar-refractivity contribution in [1.29, 1.82) is 0 Å². The van der Waals surface area contributed by atoms with Crippen LogP contribution in [0.5, 0.6) is 11.5 Å². The monoisotopic (exact) mass is 243 g/mol. The van der Waals surface area contributed by atoms with Crippen molar-refractivity contribution in [2.24, 2.45) is 0 Å². The van der Waals surface area contributed by atoms with Crippen molar-refractivity contribution in [3.63, 3.8) is 0 Å². The summed E-state index contributed by atoms with van der Waals surface area (Å²) in [6.07, 6.45) is 3.28. The van der Waals surface area contributed by atoms with Crippen LogP contribution in [0.4, 0.5) is 0 Å². The van der Waals surface area contributed by atoms with Crippen molar-refractivity contribution in [1.82, 2.24) is 4.98 Å². The van der Waals surface area contributed by atoms with Gasteiger partial charge in [0.2, 0.25) is 0 Å². The van der Waals surface area contributed by atoms with Crippen LogP contribution >= 0.6 is 0 Å². The van der Waals surface area contributed by atoms with Crippen molar-refractivity contribution in [2.45, 2.75) is 26.4 Å². The molecule has 18 heavy (non-hydrogen) atoms. The highest BCUT2D eigenvalue weighted by atomic mass is 16.5. The summed E-state index contributed by atoms with van der Waals surface area (Å²) in [5.41, 5.74) is 1.84. The van der Waals surface area contributed by atoms with E-state index in [2.05, 4.69) is 24.9 Å². The van der Waals surface area contributed by atoms with Gasteiger partial charge in [0, 0.05) is 18.0 Å². The summed E-state index contributed by atoms with van der Waals surface area (Å²) in [6, 6.07) is 9.71. The van der Waals surface area contributed by atoms with Gasteiger partial charge in [0.15, 0.2) is 0 Å². The number of aliphatic hydroxyl groups is 1. The number of aliphatic hydroxyl groups excluding tert-OH is 1. The molecule has 0 atom stereocenters. The fourth-order valence-corrected chi connectivity index (χ4v) is 1.80. The first kappa shape index (κ1) is 12.6. The summed E-state index contributed by atoms with van der Waals surface area (Å²) in [6.45, 7) is 4.18. The topological polar surface area (TPSA) is 42.4 Å². The quantitative estimate of drug-likeness (QED) is 0.893. The van der Waals surface area contributed by atoms with E-state index in [1.807, 2.05) is 18.2 Å². The summed E-state index contributed by atoms with van der Waals surface area (Å²) in [7, 11) is 0. The Bertz CT molecular complexity index is 523. The van der Waals surface area contributed by atoms with Gasteiger partial charge in [-0.25, -0.2) is 0 Å². The van der Waals surface area contributed by atoms with Gasteiger partial charge < -0.3 is 9.84 Å². The Morgan fingerprint density at radius 3 is 2.67 bits per heavy atom. The smallest absolute Gasteiger partial charge is 0.136 e. The molecular weight excluding hydrogens is 226 g/mol. The number of ether oxygens (including phenoxy) is 1. The minimum Gasteiger partial charge on any atom is -0.457 e. The molecule has 0 spiro atoms. The molecule has 0 aliphatic rings. The third kappa shape index (κ3) is 2.68. The van der Waals surface area contributed by atoms with Crippen LogP contribution in [0.25, 0.3) is 0 Å². The van der Waals surface area contributed by atoms with E-state index in [9.17, 15) is 5.11 Å². The Kier molecular flexibility index (Phi) is 3.95. The number of nitrogens with zero attached hydrogens (tertiary/aromatic N) is 1. The first-order chi connectivity index (χ1) is 8.72. The van der Waals surface area contributed by atoms with E-state index in [1.54, 1.807) is 18.5 Å². The number of hydrogen-bond donors (Lipinski definition) is 1. The summed E-state index contributed by atoms with van der Waals surface area (Å²) in [5.74, 6) is 1.87. The van der Waals surface area contributed by atoms with E-state index in [4.69, 9.17) is 4.74 Å². The third-order valence-corrected chi connectivity index (χ3v) is 2.79. The zero-order chi connectivity index (χ0) is 13.0. The Morgan fingerprint density at radius 2 is 1.94 bits per heavy atom. The highest BCUT2D eigenvalue weighted by molar-refractivity contribution is 5.41. The van der Waals surface area contributed by atoms with Gasteiger partial charge in [-0.2, -0.15) is 0 Å². The predicted molar refractivity (Wildman–Crippen MR) is 70.8 cm³/mol. The van der Waals surface area contributed by atoms with Gasteiger partial charge in [0.25, 0.3) is 0 Å². The first-order valence-corrected chi connectivity index (χ1v) is 6.03. The molecule has 0 aliphatic carbocycles. The van der Waals surface area contributed by atoms with E-state index in [-0.39, 0.29) is 6.61 Å². The third-order valence-electron chi connectivity index (χ3n) is 2.79. The van der Waals surface area contributed by atoms with Crippen LogP contribution in [0, 0.1) is 0 Å². The standard InChI is InChI=1S/C15H17NO2/c1-11(2)13-5-3-4-6-15(13)18-14-7-8-16-9-12(14)10-17/h3-9,11,17H,10H2,1-2H3. The molecule has 2 rings (SSSR count). The van der Waals surface area contributed by atoms with Crippen molar-refractivity contribution in [2.75, 3.05) is 0 Å². The lowest BCUT2D eigenvalue weighted by molar-refractivity contribution is 0.276. The summed E-state index contributed by atoms with van der Waals surface area (Å²) in [5, 5.41) is 9.25. The molecule has 1 N–H and O–H groups in total. The van der Waals surface area contributed by atoms with Gasteiger partial charge in [-0.15, -0.1) is 0 Å². The molecule has 94 valence electrons. The Morgan fingerprint density at radius 1 is 1.17 bits per heavy atom. The van der Waals surface area contributed by atoms with Crippen molar-refractivity contribution >= 4 is 0 Å². The van der Waals surface area contributed by atoms with Crippen LogP contribution < -0.4 is 4.74 Å². The average molecular weight is 243 g/mol. The van der Waals surface area contributed by atoms with Gasteiger partial charge in [-0.05, 0) is 23.6 Å². The van der Waals surface area contributed by atoms with Gasteiger partial charge in [0.1, 0.15) is 11.5 Å². The second-order valence-electron chi connectivity index (χ2n) is 4.44. The molecule has 0 aliphatic heterocycles. The van der Waals surface area contributed by atoms with E-state index in [0.717, 1.165) is 11.3 Å². The SMILES string of the molecule is CC(C)c1ccccc1Oc1ccncc1CO. The molecule has 0 radical (unpaired) electrons. The maximum atomic E-state index is 9.25. The van der Waals surface area contributed by atoms with Gasteiger partial charge >= 0.3 is 0 Å². The minimum atomic E-state index is -0.0764. The van der Waals surface area contributed by atoms with Gasteiger partial charge in [-0.3, -0.25) is 4.98 Å². The fraction of sp³-hybridized carbons (Fsp3) is 0.267. The molecule has 0 unspecified atom stereocenters. The lowest BCUT2D eigenvalue weighted by Gasteiger charge is -2.14. The number of aromatic nitrogens is 1. The predicted octanol–water partition coefficient (Wildman–Crippen LogP) is 3.49. The molecular formula is C15H17NO2. The molecule has 3 nitrogen and oxygen atoms in total. The normalized spacial score (nSPS) is 10.7. The first-order valence-electron chi connectivity index (χ1n) is 6.03. The Hall–Kier alpha value is -1.87. The van der Waals surface area contributed by atoms with Crippen LogP contribution in [0.1, 0.15) is 30.9 Å². The minimum absolute atomic E-state index is 0.0764. The second-order valence-corrected chi connectivity index (χ2v) is 4.44. The average Bonchev–Trinajstić information content (AvgIpc) is 2.40. The van der Waals surface area contributed by atoms with Crippen molar-refractivity contribution in [3.8, 4) is 11.5 Å². The molecule has 0 saturated carbocycles. The summed E-state index contributed by atoms with van der Waals surface area (Å²) in [4.78, 5) is 3.98. The van der Waals surface area contributed by atoms with Crippen LogP contribution in [-0.2, 0) is 6.61 Å². The molecule has 2 aromatic rings. The van der Waals surface area contributed by atoms with Crippen LogP contribution in [-0.4, -0.2) is 10.1 Å². The molecule has 0 fully saturated rings. The fourth-order valence-electron chi connectivity index (χ4n) is 1.80. The molecule has 1 aromatic heterocycles. The summed E-state index contributed by atoms with van der Waals surface area (Å²) >= 11 is 0. The molecule has 1 aromatic carbocycles. The number of pyridine rings is 1. The number of rotatable bonds is 4. The number of benzene rings is 1. The zero-order valence-corrected chi connectivity index (χ0v) is 10.6. The van der Waals surface area contributed by atoms with Crippen LogP contribution in [0.2, 0.25) is 0 Å². The Labute approximate surface area is 107 Å². The highest BCUT2D eigenvalue weighted by Crippen LogP contribution is 2.31.